The van der Waals surface area contributed by atoms with Crippen molar-refractivity contribution in [2.45, 2.75) is 29.7 Å². The van der Waals surface area contributed by atoms with E-state index in [1.807, 2.05) is 6.92 Å². The quantitative estimate of drug-likeness (QED) is 0.541. The van der Waals surface area contributed by atoms with Crippen LogP contribution in [0.4, 0.5) is 0 Å². The van der Waals surface area contributed by atoms with Gasteiger partial charge in [-0.2, -0.15) is 10.2 Å². The average Bonchev–Trinajstić information content (AvgIpc) is 3.38. The van der Waals surface area contributed by atoms with Crippen LogP contribution in [0, 0.1) is 6.92 Å². The summed E-state index contributed by atoms with van der Waals surface area (Å²) < 4.78 is 33.0. The number of hydrogen-bond donors (Lipinski definition) is 1. The first-order chi connectivity index (χ1) is 14.4. The Morgan fingerprint density at radius 1 is 1.13 bits per heavy atom. The normalized spacial score (nSPS) is 13.4. The first-order valence-electron chi connectivity index (χ1n) is 9.43. The molecule has 2 aromatic heterocycles. The van der Waals surface area contributed by atoms with Crippen molar-refractivity contribution in [2.75, 3.05) is 6.61 Å². The van der Waals surface area contributed by atoms with Crippen LogP contribution in [-0.2, 0) is 22.8 Å². The number of hydrogen-bond acceptors (Lipinski definition) is 6. The van der Waals surface area contributed by atoms with Crippen molar-refractivity contribution in [1.82, 2.24) is 20.0 Å². The Bertz CT molecular complexity index is 1450. The molecular formula is C21H18N4O4S. The minimum atomic E-state index is -3.73. The second-order valence-corrected chi connectivity index (χ2v) is 9.21. The molecule has 9 heteroatoms. The summed E-state index contributed by atoms with van der Waals surface area (Å²) in [5, 5.41) is 11.9. The molecule has 8 nitrogen and oxygen atoms in total. The molecule has 2 aromatic carbocycles. The first-order valence-corrected chi connectivity index (χ1v) is 10.9. The molecule has 30 heavy (non-hydrogen) atoms. The van der Waals surface area contributed by atoms with E-state index in [1.165, 1.54) is 23.0 Å². The first kappa shape index (κ1) is 18.6. The van der Waals surface area contributed by atoms with Crippen molar-refractivity contribution in [3.63, 3.8) is 0 Å². The number of aromatic amines is 1. The molecule has 1 aliphatic heterocycles. The van der Waals surface area contributed by atoms with Crippen LogP contribution in [0.3, 0.4) is 0 Å². The third-order valence-corrected chi connectivity index (χ3v) is 7.10. The van der Waals surface area contributed by atoms with E-state index in [-0.39, 0.29) is 21.9 Å². The predicted molar refractivity (Wildman–Crippen MR) is 110 cm³/mol. The van der Waals surface area contributed by atoms with Crippen molar-refractivity contribution < 1.29 is 13.2 Å². The predicted octanol–water partition coefficient (Wildman–Crippen LogP) is 2.24. The van der Waals surface area contributed by atoms with Gasteiger partial charge in [-0.1, -0.05) is 0 Å². The van der Waals surface area contributed by atoms with E-state index in [9.17, 15) is 13.2 Å². The average molecular weight is 422 g/mol. The minimum absolute atomic E-state index is 0.122. The number of fused-ring (bicyclic) bond motifs is 2. The molecular weight excluding hydrogens is 404 g/mol. The summed E-state index contributed by atoms with van der Waals surface area (Å²) in [4.78, 5) is 13.2. The lowest BCUT2D eigenvalue weighted by Crippen LogP contribution is -2.23. The van der Waals surface area contributed by atoms with Crippen molar-refractivity contribution in [2.24, 2.45) is 0 Å². The van der Waals surface area contributed by atoms with E-state index in [0.717, 1.165) is 22.6 Å². The van der Waals surface area contributed by atoms with Crippen molar-refractivity contribution in [3.05, 3.63) is 76.0 Å². The Morgan fingerprint density at radius 3 is 2.73 bits per heavy atom. The molecule has 3 heterocycles. The molecule has 0 bridgehead atoms. The van der Waals surface area contributed by atoms with Gasteiger partial charge in [0.1, 0.15) is 5.75 Å². The van der Waals surface area contributed by atoms with Crippen LogP contribution < -0.4 is 10.3 Å². The lowest BCUT2D eigenvalue weighted by Gasteiger charge is -2.09. The Kier molecular flexibility index (Phi) is 4.21. The monoisotopic (exact) mass is 422 g/mol. The molecule has 1 aliphatic rings. The maximum Gasteiger partial charge on any atom is 0.274 e. The van der Waals surface area contributed by atoms with E-state index in [0.29, 0.717) is 23.8 Å². The van der Waals surface area contributed by atoms with Crippen molar-refractivity contribution >= 4 is 20.6 Å². The van der Waals surface area contributed by atoms with Crippen LogP contribution >= 0.6 is 0 Å². The molecule has 5 rings (SSSR count). The zero-order valence-corrected chi connectivity index (χ0v) is 16.9. The van der Waals surface area contributed by atoms with E-state index in [2.05, 4.69) is 15.3 Å². The van der Waals surface area contributed by atoms with Crippen LogP contribution in [0.2, 0.25) is 0 Å². The number of H-pyrrole nitrogens is 1. The van der Waals surface area contributed by atoms with Gasteiger partial charge in [0.2, 0.25) is 9.84 Å². The molecule has 0 spiro atoms. The molecule has 152 valence electrons. The molecule has 0 atom stereocenters. The molecule has 0 radical (unpaired) electrons. The van der Waals surface area contributed by atoms with Crippen LogP contribution in [0.25, 0.3) is 10.8 Å². The largest absolute Gasteiger partial charge is 0.493 e. The molecule has 4 aromatic rings. The highest BCUT2D eigenvalue weighted by Crippen LogP contribution is 2.30. The fraction of sp³-hybridized carbons (Fsp3) is 0.190. The number of nitrogens with zero attached hydrogens (tertiary/aromatic N) is 3. The van der Waals surface area contributed by atoms with Crippen LogP contribution in [0.5, 0.6) is 5.75 Å². The third-order valence-electron chi connectivity index (χ3n) is 5.35. The fourth-order valence-corrected chi connectivity index (χ4v) is 4.94. The number of nitrogens with one attached hydrogen (secondary N) is 1. The highest BCUT2D eigenvalue weighted by atomic mass is 32.2. The number of aryl methyl sites for hydroxylation is 1. The number of ether oxygens (including phenoxy) is 1. The van der Waals surface area contributed by atoms with Crippen LogP contribution in [-0.4, -0.2) is 35.0 Å². The van der Waals surface area contributed by atoms with Gasteiger partial charge in [0.25, 0.3) is 5.56 Å². The van der Waals surface area contributed by atoms with Gasteiger partial charge < -0.3 is 4.74 Å². The molecule has 0 unspecified atom stereocenters. The van der Waals surface area contributed by atoms with Crippen molar-refractivity contribution in [1.29, 1.82) is 0 Å². The van der Waals surface area contributed by atoms with E-state index in [1.54, 1.807) is 30.5 Å². The Hall–Kier alpha value is -3.46. The topological polar surface area (TPSA) is 107 Å². The highest BCUT2D eigenvalue weighted by molar-refractivity contribution is 7.91. The smallest absolute Gasteiger partial charge is 0.274 e. The summed E-state index contributed by atoms with van der Waals surface area (Å²) in [6.07, 6.45) is 3.89. The minimum Gasteiger partial charge on any atom is -0.493 e. The highest BCUT2D eigenvalue weighted by Gasteiger charge is 2.22. The van der Waals surface area contributed by atoms with Gasteiger partial charge >= 0.3 is 0 Å². The van der Waals surface area contributed by atoms with Crippen molar-refractivity contribution in [3.8, 4) is 5.75 Å². The molecule has 0 aliphatic carbocycles. The summed E-state index contributed by atoms with van der Waals surface area (Å²) in [7, 11) is -3.73. The Balaban J connectivity index is 1.54. The van der Waals surface area contributed by atoms with Gasteiger partial charge in [-0.3, -0.25) is 9.89 Å². The van der Waals surface area contributed by atoms with E-state index >= 15 is 0 Å². The zero-order valence-electron chi connectivity index (χ0n) is 16.1. The van der Waals surface area contributed by atoms with E-state index < -0.39 is 9.84 Å². The summed E-state index contributed by atoms with van der Waals surface area (Å²) in [6.45, 7) is 2.72. The van der Waals surface area contributed by atoms with Gasteiger partial charge in [0, 0.05) is 11.8 Å². The van der Waals surface area contributed by atoms with Gasteiger partial charge in [0.15, 0.2) is 0 Å². The SMILES string of the molecule is Cc1cn[nH]c1Cn1ncc2cc(S(=O)(=O)c3ccc4c(c3)CCO4)ccc2c1=O. The Labute approximate surface area is 172 Å². The molecule has 0 saturated carbocycles. The van der Waals surface area contributed by atoms with Crippen LogP contribution in [0.15, 0.2) is 63.4 Å². The summed E-state index contributed by atoms with van der Waals surface area (Å²) >= 11 is 0. The van der Waals surface area contributed by atoms with Gasteiger partial charge in [-0.25, -0.2) is 13.1 Å². The lowest BCUT2D eigenvalue weighted by atomic mass is 10.2. The second kappa shape index (κ2) is 6.81. The number of aromatic nitrogens is 4. The third kappa shape index (κ3) is 2.98. The van der Waals surface area contributed by atoms with Crippen LogP contribution in [0.1, 0.15) is 16.8 Å². The standard InChI is InChI=1S/C21H18N4O4S/c1-13-10-22-24-19(13)12-25-21(26)18-4-2-16(9-15(18)11-23-25)30(27,28)17-3-5-20-14(8-17)6-7-29-20/h2-5,8-11H,6-7,12H2,1H3,(H,22,24). The van der Waals surface area contributed by atoms with Gasteiger partial charge in [0.05, 0.1) is 46.4 Å². The summed E-state index contributed by atoms with van der Waals surface area (Å²) in [6, 6.07) is 9.40. The second-order valence-electron chi connectivity index (χ2n) is 7.26. The number of benzene rings is 2. The lowest BCUT2D eigenvalue weighted by molar-refractivity contribution is 0.356. The zero-order chi connectivity index (χ0) is 20.9. The van der Waals surface area contributed by atoms with Gasteiger partial charge in [-0.15, -0.1) is 0 Å². The Morgan fingerprint density at radius 2 is 1.93 bits per heavy atom. The summed E-state index contributed by atoms with van der Waals surface area (Å²) in [5.41, 5.74) is 2.32. The molecule has 0 amide bonds. The number of rotatable bonds is 4. The molecule has 0 fully saturated rings. The number of sulfone groups is 1. The van der Waals surface area contributed by atoms with E-state index in [4.69, 9.17) is 4.74 Å². The summed E-state index contributed by atoms with van der Waals surface area (Å²) in [5.74, 6) is 0.727. The molecule has 1 N–H and O–H groups in total. The fourth-order valence-electron chi connectivity index (χ4n) is 3.59. The maximum atomic E-state index is 13.1. The maximum absolute atomic E-state index is 13.1. The molecule has 0 saturated heterocycles. The van der Waals surface area contributed by atoms with Gasteiger partial charge in [-0.05, 0) is 54.4 Å².